The Labute approximate surface area is 253 Å². The molecule has 13 nitrogen and oxygen atoms in total. The summed E-state index contributed by atoms with van der Waals surface area (Å²) >= 11 is 1.49. The number of carboxylic acids is 1. The van der Waals surface area contributed by atoms with Crippen LogP contribution in [0.15, 0.2) is 0 Å². The molecular weight excluding hydrogens is 566 g/mol. The third-order valence-electron chi connectivity index (χ3n) is 6.46. The quantitative estimate of drug-likeness (QED) is 0.107. The van der Waals surface area contributed by atoms with Crippen LogP contribution in [-0.4, -0.2) is 94.0 Å². The van der Waals surface area contributed by atoms with E-state index in [2.05, 4.69) is 26.6 Å². The molecule has 0 unspecified atom stereocenters. The van der Waals surface area contributed by atoms with E-state index in [-0.39, 0.29) is 23.7 Å². The van der Waals surface area contributed by atoms with Crippen LogP contribution < -0.4 is 26.6 Å². The van der Waals surface area contributed by atoms with Crippen molar-refractivity contribution in [2.45, 2.75) is 111 Å². The van der Waals surface area contributed by atoms with E-state index in [4.69, 9.17) is 5.11 Å². The van der Waals surface area contributed by atoms with Crippen molar-refractivity contribution in [3.8, 4) is 0 Å². The zero-order valence-electron chi connectivity index (χ0n) is 26.3. The monoisotopic (exact) mass is 617 g/mol. The number of aliphatic carboxylic acids is 1. The Balaban J connectivity index is 5.68. The highest BCUT2D eigenvalue weighted by Crippen LogP contribution is 2.14. The Bertz CT molecular complexity index is 930. The van der Waals surface area contributed by atoms with Crippen LogP contribution in [0.4, 0.5) is 0 Å². The van der Waals surface area contributed by atoms with E-state index in [0.29, 0.717) is 18.6 Å². The van der Waals surface area contributed by atoms with Gasteiger partial charge in [-0.05, 0) is 49.5 Å². The van der Waals surface area contributed by atoms with Gasteiger partial charge < -0.3 is 36.8 Å². The van der Waals surface area contributed by atoms with Gasteiger partial charge in [-0.1, -0.05) is 41.5 Å². The summed E-state index contributed by atoms with van der Waals surface area (Å²) in [6.45, 7) is 13.3. The average molecular weight is 618 g/mol. The smallest absolute Gasteiger partial charge is 0.325 e. The third kappa shape index (κ3) is 14.9. The lowest BCUT2D eigenvalue weighted by molar-refractivity contribution is -0.142. The fourth-order valence-electron chi connectivity index (χ4n) is 4.09. The molecule has 0 rings (SSSR count). The maximum Gasteiger partial charge on any atom is 0.325 e. The van der Waals surface area contributed by atoms with Crippen molar-refractivity contribution in [1.82, 2.24) is 26.6 Å². The van der Waals surface area contributed by atoms with E-state index < -0.39 is 72.3 Å². The molecule has 0 fully saturated rings. The molecule has 42 heavy (non-hydrogen) atoms. The second-order valence-corrected chi connectivity index (χ2v) is 12.6. The van der Waals surface area contributed by atoms with Gasteiger partial charge in [0, 0.05) is 6.92 Å². The van der Waals surface area contributed by atoms with Gasteiger partial charge in [0.15, 0.2) is 0 Å². The van der Waals surface area contributed by atoms with Crippen LogP contribution >= 0.6 is 11.8 Å². The van der Waals surface area contributed by atoms with Crippen molar-refractivity contribution in [3.05, 3.63) is 0 Å². The van der Waals surface area contributed by atoms with Gasteiger partial charge in [0.25, 0.3) is 0 Å². The maximum absolute atomic E-state index is 13.4. The summed E-state index contributed by atoms with van der Waals surface area (Å²) in [6.07, 6.45) is 0.748. The van der Waals surface area contributed by atoms with Crippen LogP contribution in [0.25, 0.3) is 0 Å². The van der Waals surface area contributed by atoms with Crippen molar-refractivity contribution in [2.24, 2.45) is 17.8 Å². The van der Waals surface area contributed by atoms with Crippen molar-refractivity contribution in [2.75, 3.05) is 12.0 Å². The topological polar surface area (TPSA) is 203 Å². The predicted octanol–water partition coefficient (Wildman–Crippen LogP) is 0.397. The Kier molecular flexibility index (Phi) is 18.0. The van der Waals surface area contributed by atoms with Crippen molar-refractivity contribution in [1.29, 1.82) is 0 Å². The minimum Gasteiger partial charge on any atom is -0.480 e. The Hall–Kier alpha value is -2.87. The standard InChI is InChI=1S/C28H51N5O8S/c1-14(2)12-20(21(35)13-22(36)33-24(16(5)6)26(38)29-17(7)28(40)41)32-25(37)19(10-11-42-9)31-27(39)23(15(3)4)30-18(8)34/h14-17,19-21,23-24,35H,10-13H2,1-9H3,(H,29,38)(H,30,34)(H,31,39)(H,32,37)(H,33,36)(H,40,41)/t17-,19-,20-,21-,23-,24-/m0/s1. The molecule has 0 saturated heterocycles. The first-order chi connectivity index (χ1) is 19.4. The molecule has 0 aromatic rings. The fraction of sp³-hybridized carbons (Fsp3) is 0.786. The molecule has 242 valence electrons. The minimum absolute atomic E-state index is 0.0315. The first kappa shape index (κ1) is 39.1. The van der Waals surface area contributed by atoms with Crippen LogP contribution in [0, 0.1) is 17.8 Å². The summed E-state index contributed by atoms with van der Waals surface area (Å²) in [6, 6.07) is -4.81. The Morgan fingerprint density at radius 1 is 0.738 bits per heavy atom. The number of nitrogens with one attached hydrogen (secondary N) is 5. The second-order valence-electron chi connectivity index (χ2n) is 11.6. The summed E-state index contributed by atoms with van der Waals surface area (Å²) < 4.78 is 0. The highest BCUT2D eigenvalue weighted by molar-refractivity contribution is 7.98. The van der Waals surface area contributed by atoms with Crippen LogP contribution in [0.2, 0.25) is 0 Å². The number of rotatable bonds is 19. The van der Waals surface area contributed by atoms with Gasteiger partial charge in [-0.3, -0.25) is 28.8 Å². The highest BCUT2D eigenvalue weighted by atomic mass is 32.2. The average Bonchev–Trinajstić information content (AvgIpc) is 2.86. The number of carboxylic acid groups (broad SMARTS) is 1. The van der Waals surface area contributed by atoms with Crippen LogP contribution in [0.3, 0.4) is 0 Å². The molecule has 0 aliphatic heterocycles. The third-order valence-corrected chi connectivity index (χ3v) is 7.10. The summed E-state index contributed by atoms with van der Waals surface area (Å²) in [5.74, 6) is -3.95. The predicted molar refractivity (Wildman–Crippen MR) is 161 cm³/mol. The van der Waals surface area contributed by atoms with E-state index in [1.54, 1.807) is 27.7 Å². The number of carbonyl (C=O) groups excluding carboxylic acids is 5. The minimum atomic E-state index is -1.31. The molecule has 0 saturated carbocycles. The molecule has 5 amide bonds. The van der Waals surface area contributed by atoms with Crippen molar-refractivity contribution >= 4 is 47.3 Å². The lowest BCUT2D eigenvalue weighted by Gasteiger charge is -2.30. The molecule has 0 aliphatic carbocycles. The second kappa shape index (κ2) is 19.3. The molecule has 0 bridgehead atoms. The molecule has 7 N–H and O–H groups in total. The van der Waals surface area contributed by atoms with Crippen molar-refractivity contribution in [3.63, 3.8) is 0 Å². The number of carbonyl (C=O) groups is 6. The summed E-state index contributed by atoms with van der Waals surface area (Å²) in [5, 5.41) is 33.1. The zero-order chi connectivity index (χ0) is 32.7. The van der Waals surface area contributed by atoms with E-state index in [1.807, 2.05) is 20.1 Å². The highest BCUT2D eigenvalue weighted by Gasteiger charge is 2.32. The van der Waals surface area contributed by atoms with Gasteiger partial charge in [0.1, 0.15) is 24.2 Å². The largest absolute Gasteiger partial charge is 0.480 e. The molecule has 0 spiro atoms. The summed E-state index contributed by atoms with van der Waals surface area (Å²) in [4.78, 5) is 74.5. The van der Waals surface area contributed by atoms with E-state index >= 15 is 0 Å². The first-order valence-corrected chi connectivity index (χ1v) is 15.7. The van der Waals surface area contributed by atoms with Gasteiger partial charge in [0.05, 0.1) is 18.6 Å². The van der Waals surface area contributed by atoms with Gasteiger partial charge in [-0.2, -0.15) is 11.8 Å². The normalized spacial score (nSPS) is 15.6. The zero-order valence-corrected chi connectivity index (χ0v) is 27.1. The number of hydrogen-bond donors (Lipinski definition) is 7. The number of aliphatic hydroxyl groups is 1. The number of thioether (sulfide) groups is 1. The Morgan fingerprint density at radius 3 is 1.71 bits per heavy atom. The van der Waals surface area contributed by atoms with Gasteiger partial charge >= 0.3 is 5.97 Å². The first-order valence-electron chi connectivity index (χ1n) is 14.3. The number of amides is 5. The molecule has 0 aliphatic rings. The number of hydrogen-bond acceptors (Lipinski definition) is 8. The SMILES string of the molecule is CSCC[C@H](NC(=O)[C@@H](NC(C)=O)C(C)C)C(=O)N[C@@H](CC(C)C)[C@@H](O)CC(=O)N[C@H](C(=O)N[C@@H](C)C(=O)O)C(C)C. The molecule has 0 radical (unpaired) electrons. The van der Waals surface area contributed by atoms with Crippen LogP contribution in [-0.2, 0) is 28.8 Å². The van der Waals surface area contributed by atoms with E-state index in [1.165, 1.54) is 25.6 Å². The summed E-state index contributed by atoms with van der Waals surface area (Å²) in [7, 11) is 0. The molecule has 14 heteroatoms. The van der Waals surface area contributed by atoms with Gasteiger partial charge in [-0.25, -0.2) is 0 Å². The number of aliphatic hydroxyl groups excluding tert-OH is 1. The van der Waals surface area contributed by atoms with Crippen LogP contribution in [0.1, 0.15) is 74.7 Å². The molecule has 0 aromatic heterocycles. The van der Waals surface area contributed by atoms with Crippen molar-refractivity contribution < 1.29 is 39.0 Å². The van der Waals surface area contributed by atoms with E-state index in [9.17, 15) is 33.9 Å². The molecule has 6 atom stereocenters. The molecular formula is C28H51N5O8S. The lowest BCUT2D eigenvalue weighted by Crippen LogP contribution is -2.57. The van der Waals surface area contributed by atoms with E-state index in [0.717, 1.165) is 0 Å². The van der Waals surface area contributed by atoms with Gasteiger partial charge in [-0.15, -0.1) is 0 Å². The fourth-order valence-corrected chi connectivity index (χ4v) is 4.56. The lowest BCUT2D eigenvalue weighted by atomic mass is 9.96. The van der Waals surface area contributed by atoms with Crippen LogP contribution in [0.5, 0.6) is 0 Å². The summed E-state index contributed by atoms with van der Waals surface area (Å²) in [5.41, 5.74) is 0. The molecule has 0 aromatic carbocycles. The Morgan fingerprint density at radius 2 is 1.26 bits per heavy atom. The maximum atomic E-state index is 13.4. The molecule has 0 heterocycles. The van der Waals surface area contributed by atoms with Gasteiger partial charge in [0.2, 0.25) is 29.5 Å².